The van der Waals surface area contributed by atoms with Crippen LogP contribution >= 0.6 is 0 Å². The monoisotopic (exact) mass is 240 g/mol. The Labute approximate surface area is 101 Å². The van der Waals surface area contributed by atoms with E-state index in [-0.39, 0.29) is 11.5 Å². The number of ether oxygens (including phenoxy) is 2. The van der Waals surface area contributed by atoms with Crippen LogP contribution in [0.3, 0.4) is 0 Å². The maximum Gasteiger partial charge on any atom is 0.312 e. The standard InChI is InChI=1S/C13H20O4/c14-11(15)13(5-7-16-9-13)10-2-6-17-12(8-10)3-1-4-12/h10H,1-9H2,(H,14,15). The number of carboxylic acid groups (broad SMARTS) is 1. The average Bonchev–Trinajstić information content (AvgIpc) is 2.77. The zero-order chi connectivity index (χ0) is 11.9. The van der Waals surface area contributed by atoms with Crippen LogP contribution in [0.2, 0.25) is 0 Å². The summed E-state index contributed by atoms with van der Waals surface area (Å²) in [5.41, 5.74) is -0.611. The van der Waals surface area contributed by atoms with E-state index in [0.717, 1.165) is 32.3 Å². The van der Waals surface area contributed by atoms with Crippen molar-refractivity contribution in [1.29, 1.82) is 0 Å². The van der Waals surface area contributed by atoms with Gasteiger partial charge in [-0.25, -0.2) is 0 Å². The molecular formula is C13H20O4. The molecule has 2 heterocycles. The van der Waals surface area contributed by atoms with Gasteiger partial charge in [0.15, 0.2) is 0 Å². The number of carboxylic acids is 1. The van der Waals surface area contributed by atoms with Gasteiger partial charge in [-0.1, -0.05) is 0 Å². The second kappa shape index (κ2) is 3.95. The average molecular weight is 240 g/mol. The van der Waals surface area contributed by atoms with Crippen LogP contribution in [-0.2, 0) is 14.3 Å². The Balaban J connectivity index is 1.79. The molecule has 2 unspecified atom stereocenters. The molecule has 4 nitrogen and oxygen atoms in total. The van der Waals surface area contributed by atoms with Crippen LogP contribution in [0.5, 0.6) is 0 Å². The van der Waals surface area contributed by atoms with Gasteiger partial charge in [-0.15, -0.1) is 0 Å². The second-order valence-corrected chi connectivity index (χ2v) is 5.84. The van der Waals surface area contributed by atoms with E-state index < -0.39 is 11.4 Å². The first-order chi connectivity index (χ1) is 8.17. The quantitative estimate of drug-likeness (QED) is 0.800. The zero-order valence-electron chi connectivity index (χ0n) is 10.1. The summed E-state index contributed by atoms with van der Waals surface area (Å²) in [5.74, 6) is -0.437. The Morgan fingerprint density at radius 2 is 2.06 bits per heavy atom. The number of carbonyl (C=O) groups is 1. The van der Waals surface area contributed by atoms with E-state index in [2.05, 4.69) is 0 Å². The molecule has 2 aliphatic heterocycles. The van der Waals surface area contributed by atoms with Crippen molar-refractivity contribution >= 4 is 5.97 Å². The lowest BCUT2D eigenvalue weighted by Crippen LogP contribution is -2.51. The molecule has 1 spiro atoms. The topological polar surface area (TPSA) is 55.8 Å². The van der Waals surface area contributed by atoms with Gasteiger partial charge in [-0.2, -0.15) is 0 Å². The maximum absolute atomic E-state index is 11.6. The fourth-order valence-corrected chi connectivity index (χ4v) is 3.66. The highest BCUT2D eigenvalue weighted by molar-refractivity contribution is 5.75. The summed E-state index contributed by atoms with van der Waals surface area (Å²) in [6.07, 6.45) is 5.91. The van der Waals surface area contributed by atoms with Crippen LogP contribution in [0.15, 0.2) is 0 Å². The predicted molar refractivity (Wildman–Crippen MR) is 60.8 cm³/mol. The molecular weight excluding hydrogens is 220 g/mol. The van der Waals surface area contributed by atoms with Gasteiger partial charge in [0.05, 0.1) is 17.6 Å². The molecule has 1 N–H and O–H groups in total. The highest BCUT2D eigenvalue weighted by Gasteiger charge is 2.54. The lowest BCUT2D eigenvalue weighted by atomic mass is 9.63. The van der Waals surface area contributed by atoms with Gasteiger partial charge in [-0.05, 0) is 44.4 Å². The molecule has 0 radical (unpaired) electrons. The minimum absolute atomic E-state index is 0.0218. The molecule has 0 aromatic carbocycles. The van der Waals surface area contributed by atoms with Crippen LogP contribution in [0.25, 0.3) is 0 Å². The van der Waals surface area contributed by atoms with Gasteiger partial charge in [0.2, 0.25) is 0 Å². The van der Waals surface area contributed by atoms with Gasteiger partial charge in [0.1, 0.15) is 0 Å². The molecule has 3 rings (SSSR count). The molecule has 3 fully saturated rings. The summed E-state index contributed by atoms with van der Waals surface area (Å²) in [7, 11) is 0. The van der Waals surface area contributed by atoms with Gasteiger partial charge in [0.25, 0.3) is 0 Å². The lowest BCUT2D eigenvalue weighted by Gasteiger charge is -2.50. The minimum Gasteiger partial charge on any atom is -0.481 e. The lowest BCUT2D eigenvalue weighted by molar-refractivity contribution is -0.176. The van der Waals surface area contributed by atoms with Gasteiger partial charge >= 0.3 is 5.97 Å². The van der Waals surface area contributed by atoms with Crippen LogP contribution in [0.1, 0.15) is 38.5 Å². The van der Waals surface area contributed by atoms with E-state index in [9.17, 15) is 9.90 Å². The maximum atomic E-state index is 11.6. The first kappa shape index (κ1) is 11.5. The number of rotatable bonds is 2. The van der Waals surface area contributed by atoms with E-state index in [1.54, 1.807) is 0 Å². The molecule has 2 atom stereocenters. The van der Waals surface area contributed by atoms with Crippen LogP contribution in [0.4, 0.5) is 0 Å². The molecule has 0 bridgehead atoms. The number of aliphatic carboxylic acids is 1. The van der Waals surface area contributed by atoms with Crippen molar-refractivity contribution in [3.63, 3.8) is 0 Å². The Morgan fingerprint density at radius 1 is 1.24 bits per heavy atom. The summed E-state index contributed by atoms with van der Waals surface area (Å²) in [5, 5.41) is 9.56. The van der Waals surface area contributed by atoms with Gasteiger partial charge in [-0.3, -0.25) is 4.79 Å². The molecule has 3 aliphatic rings. The van der Waals surface area contributed by atoms with Crippen molar-refractivity contribution in [3.05, 3.63) is 0 Å². The van der Waals surface area contributed by atoms with Crippen LogP contribution < -0.4 is 0 Å². The van der Waals surface area contributed by atoms with Crippen LogP contribution in [-0.4, -0.2) is 36.5 Å². The molecule has 96 valence electrons. The Hall–Kier alpha value is -0.610. The van der Waals surface area contributed by atoms with Gasteiger partial charge < -0.3 is 14.6 Å². The fraction of sp³-hybridized carbons (Fsp3) is 0.923. The Morgan fingerprint density at radius 3 is 2.59 bits per heavy atom. The van der Waals surface area contributed by atoms with Crippen molar-refractivity contribution in [3.8, 4) is 0 Å². The number of hydrogen-bond acceptors (Lipinski definition) is 3. The van der Waals surface area contributed by atoms with E-state index in [4.69, 9.17) is 9.47 Å². The number of hydrogen-bond donors (Lipinski definition) is 1. The summed E-state index contributed by atoms with van der Waals surface area (Å²) < 4.78 is 11.3. The van der Waals surface area contributed by atoms with Crippen molar-refractivity contribution in [2.24, 2.45) is 11.3 Å². The molecule has 1 aliphatic carbocycles. The highest BCUT2D eigenvalue weighted by Crippen LogP contribution is 2.51. The highest BCUT2D eigenvalue weighted by atomic mass is 16.5. The predicted octanol–water partition coefficient (Wildman–Crippen LogP) is 1.83. The summed E-state index contributed by atoms with van der Waals surface area (Å²) >= 11 is 0. The fourth-order valence-electron chi connectivity index (χ4n) is 3.66. The van der Waals surface area contributed by atoms with Crippen LogP contribution in [0, 0.1) is 11.3 Å². The normalized spacial score (nSPS) is 40.1. The summed E-state index contributed by atoms with van der Waals surface area (Å²) in [6.45, 7) is 1.71. The largest absolute Gasteiger partial charge is 0.481 e. The van der Waals surface area contributed by atoms with Gasteiger partial charge in [0, 0.05) is 13.2 Å². The smallest absolute Gasteiger partial charge is 0.312 e. The molecule has 0 amide bonds. The minimum atomic E-state index is -0.670. The Kier molecular flexibility index (Phi) is 2.67. The molecule has 0 aromatic rings. The third-order valence-electron chi connectivity index (χ3n) is 5.02. The molecule has 0 aromatic heterocycles. The molecule has 4 heteroatoms. The first-order valence-electron chi connectivity index (χ1n) is 6.62. The molecule has 17 heavy (non-hydrogen) atoms. The third-order valence-corrected chi connectivity index (χ3v) is 5.02. The molecule has 1 saturated carbocycles. The van der Waals surface area contributed by atoms with E-state index in [0.29, 0.717) is 19.6 Å². The zero-order valence-corrected chi connectivity index (χ0v) is 10.1. The van der Waals surface area contributed by atoms with E-state index in [1.165, 1.54) is 6.42 Å². The van der Waals surface area contributed by atoms with Crippen molar-refractivity contribution in [1.82, 2.24) is 0 Å². The SMILES string of the molecule is O=C(O)C1(C2CCOC3(CCC3)C2)CCOC1. The van der Waals surface area contributed by atoms with E-state index >= 15 is 0 Å². The summed E-state index contributed by atoms with van der Waals surface area (Å²) in [4.78, 5) is 11.6. The van der Waals surface area contributed by atoms with Crippen molar-refractivity contribution in [2.75, 3.05) is 19.8 Å². The van der Waals surface area contributed by atoms with Crippen molar-refractivity contribution < 1.29 is 19.4 Å². The van der Waals surface area contributed by atoms with Crippen molar-refractivity contribution in [2.45, 2.75) is 44.1 Å². The van der Waals surface area contributed by atoms with E-state index in [1.807, 2.05) is 0 Å². The molecule has 2 saturated heterocycles. The first-order valence-corrected chi connectivity index (χ1v) is 6.62. The second-order valence-electron chi connectivity index (χ2n) is 5.84. The Bertz CT molecular complexity index is 315. The third kappa shape index (κ3) is 1.69. The summed E-state index contributed by atoms with van der Waals surface area (Å²) in [6, 6.07) is 0.